The molecule has 0 aliphatic carbocycles. The van der Waals surface area contributed by atoms with E-state index < -0.39 is 0 Å². The third-order valence-corrected chi connectivity index (χ3v) is 1.57. The maximum Gasteiger partial charge on any atom is 0.216 e. The predicted molar refractivity (Wildman–Crippen MR) is 96.0 cm³/mol. The molecule has 0 N–H and O–H groups in total. The molecular weight excluding hydrogens is 304 g/mol. The van der Waals surface area contributed by atoms with Crippen LogP contribution < -0.4 is 0 Å². The summed E-state index contributed by atoms with van der Waals surface area (Å²) in [6.45, 7) is 15.6. The van der Waals surface area contributed by atoms with Crippen molar-refractivity contribution < 1.29 is 9.47 Å². The Kier molecular flexibility index (Phi) is 22.3. The Balaban J connectivity index is -0.000000219. The Labute approximate surface area is 133 Å². The minimum atomic E-state index is 0.332. The van der Waals surface area contributed by atoms with E-state index in [0.717, 1.165) is 0 Å². The van der Waals surface area contributed by atoms with Crippen LogP contribution in [0, 0.1) is 11.8 Å². The van der Waals surface area contributed by atoms with Gasteiger partial charge in [0.2, 0.25) is 8.77 Å². The van der Waals surface area contributed by atoms with Gasteiger partial charge in [-0.15, -0.1) is 13.2 Å². The molecule has 0 spiro atoms. The topological polar surface area (TPSA) is 18.5 Å². The van der Waals surface area contributed by atoms with Gasteiger partial charge in [-0.05, 0) is 36.3 Å². The maximum atomic E-state index is 4.90. The summed E-state index contributed by atoms with van der Waals surface area (Å²) in [7, 11) is 0. The normalized spacial score (nSPS) is 8.67. The molecule has 0 saturated carbocycles. The Morgan fingerprint density at radius 2 is 1.11 bits per heavy atom. The van der Waals surface area contributed by atoms with E-state index >= 15 is 0 Å². The molecule has 0 saturated heterocycles. The highest BCUT2D eigenvalue weighted by Crippen LogP contribution is 1.95. The molecule has 0 aliphatic rings. The summed E-state index contributed by atoms with van der Waals surface area (Å²) in [5.41, 5.74) is 0. The first-order chi connectivity index (χ1) is 8.25. The lowest BCUT2D eigenvalue weighted by molar-refractivity contribution is 0.273. The Morgan fingerprint density at radius 1 is 0.889 bits per heavy atom. The fourth-order valence-corrected chi connectivity index (χ4v) is 0.761. The van der Waals surface area contributed by atoms with E-state index in [1.165, 1.54) is 0 Å². The average molecular weight is 329 g/mol. The van der Waals surface area contributed by atoms with Crippen LogP contribution in [0.4, 0.5) is 0 Å². The zero-order valence-corrected chi connectivity index (χ0v) is 14.9. The fraction of sp³-hybridized carbons (Fsp3) is 0.667. The molecule has 0 unspecified atom stereocenters. The second kappa shape index (κ2) is 17.2. The number of thiol groups is 2. The van der Waals surface area contributed by atoms with Crippen LogP contribution in [0.1, 0.15) is 27.7 Å². The van der Waals surface area contributed by atoms with E-state index in [2.05, 4.69) is 90.5 Å². The van der Waals surface area contributed by atoms with Crippen LogP contribution in [0.5, 0.6) is 0 Å². The van der Waals surface area contributed by atoms with Crippen molar-refractivity contribution in [3.63, 3.8) is 0 Å². The molecule has 0 aromatic carbocycles. The lowest BCUT2D eigenvalue weighted by Crippen LogP contribution is -2.02. The number of rotatable bonds is 4. The number of ether oxygens (including phenoxy) is 2. The summed E-state index contributed by atoms with van der Waals surface area (Å²) < 4.78 is 10.5. The smallest absolute Gasteiger partial charge is 0.216 e. The Morgan fingerprint density at radius 3 is 1.17 bits per heavy atom. The van der Waals surface area contributed by atoms with Gasteiger partial charge in [-0.25, -0.2) is 0 Å². The highest BCUT2D eigenvalue weighted by atomic mass is 32.1. The first kappa shape index (κ1) is 23.3. The molecule has 0 bridgehead atoms. The zero-order chi connectivity index (χ0) is 15.1. The minimum absolute atomic E-state index is 0.332. The number of thiocarbonyl (C=S) groups is 2. The average Bonchev–Trinajstić information content (AvgIpc) is 2.27. The van der Waals surface area contributed by atoms with Crippen LogP contribution in [0.25, 0.3) is 0 Å². The van der Waals surface area contributed by atoms with E-state index in [9.17, 15) is 0 Å². The van der Waals surface area contributed by atoms with Crippen molar-refractivity contribution in [2.75, 3.05) is 13.2 Å². The van der Waals surface area contributed by atoms with Gasteiger partial charge in [0, 0.05) is 0 Å². The second-order valence-corrected chi connectivity index (χ2v) is 6.10. The first-order valence-corrected chi connectivity index (χ1v) is 7.18. The van der Waals surface area contributed by atoms with Gasteiger partial charge in [0.25, 0.3) is 0 Å². The lowest BCUT2D eigenvalue weighted by Gasteiger charge is -2.03. The molecule has 0 amide bonds. The van der Waals surface area contributed by atoms with Gasteiger partial charge in [0.05, 0.1) is 13.2 Å². The highest BCUT2D eigenvalue weighted by Gasteiger charge is 1.93. The minimum Gasteiger partial charge on any atom is -0.478 e. The van der Waals surface area contributed by atoms with Crippen LogP contribution in [0.2, 0.25) is 0 Å². The molecule has 18 heavy (non-hydrogen) atoms. The fourth-order valence-electron chi connectivity index (χ4n) is 0.476. The van der Waals surface area contributed by atoms with E-state index in [4.69, 9.17) is 9.47 Å². The van der Waals surface area contributed by atoms with Crippen molar-refractivity contribution in [3.05, 3.63) is 13.2 Å². The van der Waals surface area contributed by atoms with Crippen LogP contribution >= 0.6 is 49.7 Å². The monoisotopic (exact) mass is 328 g/mol. The van der Waals surface area contributed by atoms with Crippen LogP contribution in [0.3, 0.4) is 0 Å². The zero-order valence-electron chi connectivity index (χ0n) is 11.5. The predicted octanol–water partition coefficient (Wildman–Crippen LogP) is 4.55. The number of hydrogen-bond acceptors (Lipinski definition) is 4. The lowest BCUT2D eigenvalue weighted by atomic mass is 10.2. The van der Waals surface area contributed by atoms with E-state index in [1.54, 1.807) is 0 Å². The van der Waals surface area contributed by atoms with Gasteiger partial charge >= 0.3 is 0 Å². The molecule has 0 heterocycles. The summed E-state index contributed by atoms with van der Waals surface area (Å²) in [5.74, 6) is 1.06. The molecule has 0 aromatic heterocycles. The second-order valence-electron chi connectivity index (χ2n) is 3.94. The third-order valence-electron chi connectivity index (χ3n) is 1.08. The molecule has 108 valence electrons. The highest BCUT2D eigenvalue weighted by molar-refractivity contribution is 8.10. The van der Waals surface area contributed by atoms with Crippen molar-refractivity contribution in [2.45, 2.75) is 27.7 Å². The first-order valence-electron chi connectivity index (χ1n) is 5.47. The van der Waals surface area contributed by atoms with Gasteiger partial charge in [-0.2, -0.15) is 0 Å². The molecule has 6 heteroatoms. The van der Waals surface area contributed by atoms with Crippen LogP contribution in [0.15, 0.2) is 13.2 Å². The SMILES string of the molecule is C=C.CC(C)COC(=S)S.CC(C)COC(=S)S. The summed E-state index contributed by atoms with van der Waals surface area (Å²) in [4.78, 5) is 0. The summed E-state index contributed by atoms with van der Waals surface area (Å²) in [6.07, 6.45) is 0. The van der Waals surface area contributed by atoms with Crippen molar-refractivity contribution in [3.8, 4) is 0 Å². The Hall–Kier alpha value is 0.220. The third kappa shape index (κ3) is 36.0. The molecule has 0 fully saturated rings. The molecule has 0 aromatic rings. The Bertz CT molecular complexity index is 196. The standard InChI is InChI=1S/2C5H10OS2.C2H4/c2*1-4(2)3-6-5(7)8;1-2/h2*4H,3H2,1-2H3,(H,7,8);1-2H2. The van der Waals surface area contributed by atoms with Gasteiger partial charge in [0.15, 0.2) is 0 Å². The molecular formula is C12H24O2S4. The molecule has 0 radical (unpaired) electrons. The van der Waals surface area contributed by atoms with E-state index in [0.29, 0.717) is 33.8 Å². The molecule has 0 atom stereocenters. The largest absolute Gasteiger partial charge is 0.478 e. The van der Waals surface area contributed by atoms with Crippen molar-refractivity contribution in [2.24, 2.45) is 11.8 Å². The van der Waals surface area contributed by atoms with E-state index in [-0.39, 0.29) is 0 Å². The maximum absolute atomic E-state index is 4.90. The van der Waals surface area contributed by atoms with Gasteiger partial charge in [-0.1, -0.05) is 53.0 Å². The molecule has 0 rings (SSSR count). The van der Waals surface area contributed by atoms with E-state index in [1.807, 2.05) is 0 Å². The van der Waals surface area contributed by atoms with Gasteiger partial charge in [0.1, 0.15) is 0 Å². The van der Waals surface area contributed by atoms with Gasteiger partial charge in [-0.3, -0.25) is 0 Å². The van der Waals surface area contributed by atoms with Crippen LogP contribution in [-0.4, -0.2) is 22.0 Å². The summed E-state index contributed by atoms with van der Waals surface area (Å²) >= 11 is 16.7. The quantitative estimate of drug-likeness (QED) is 0.448. The van der Waals surface area contributed by atoms with Crippen molar-refractivity contribution in [1.29, 1.82) is 0 Å². The molecule has 2 nitrogen and oxygen atoms in total. The van der Waals surface area contributed by atoms with Gasteiger partial charge < -0.3 is 9.47 Å². The summed E-state index contributed by atoms with van der Waals surface area (Å²) in [6, 6.07) is 0. The summed E-state index contributed by atoms with van der Waals surface area (Å²) in [5, 5.41) is 0. The van der Waals surface area contributed by atoms with Crippen molar-refractivity contribution >= 4 is 58.5 Å². The van der Waals surface area contributed by atoms with Crippen LogP contribution in [-0.2, 0) is 9.47 Å². The van der Waals surface area contributed by atoms with Crippen molar-refractivity contribution in [1.82, 2.24) is 0 Å². The number of hydrogen-bond donors (Lipinski definition) is 2. The molecule has 0 aliphatic heterocycles.